The second kappa shape index (κ2) is 14.6. The fourth-order valence-electron chi connectivity index (χ4n) is 4.89. The molecule has 0 amide bonds. The summed E-state index contributed by atoms with van der Waals surface area (Å²) in [7, 11) is 0. The number of carbonyl (C=O) groups excluding carboxylic acids is 1. The molecule has 0 saturated carbocycles. The molecule has 4 aromatic rings. The maximum absolute atomic E-state index is 13.8. The second-order valence-corrected chi connectivity index (χ2v) is 13.3. The molecule has 3 aromatic carbocycles. The first-order valence-electron chi connectivity index (χ1n) is 15.2. The van der Waals surface area contributed by atoms with Crippen LogP contribution in [0.5, 0.6) is 0 Å². The Morgan fingerprint density at radius 3 is 2.07 bits per heavy atom. The van der Waals surface area contributed by atoms with Crippen LogP contribution in [0.4, 0.5) is 13.2 Å². The zero-order valence-corrected chi connectivity index (χ0v) is 30.4. The molecule has 4 rings (SSSR count). The van der Waals surface area contributed by atoms with Gasteiger partial charge in [0.05, 0.1) is 5.56 Å². The van der Waals surface area contributed by atoms with Gasteiger partial charge in [0.15, 0.2) is 5.78 Å². The van der Waals surface area contributed by atoms with Gasteiger partial charge in [-0.05, 0) is 63.7 Å². The summed E-state index contributed by atoms with van der Waals surface area (Å²) < 4.78 is 41.3. The summed E-state index contributed by atoms with van der Waals surface area (Å²) in [6.45, 7) is 19.2. The van der Waals surface area contributed by atoms with Crippen LogP contribution in [0.15, 0.2) is 60.5 Å². The van der Waals surface area contributed by atoms with Crippen molar-refractivity contribution in [2.45, 2.75) is 94.2 Å². The van der Waals surface area contributed by atoms with E-state index in [-0.39, 0.29) is 48.4 Å². The number of rotatable bonds is 7. The quantitative estimate of drug-likeness (QED) is 0.0877. The molecule has 0 bridgehead atoms. The van der Waals surface area contributed by atoms with Gasteiger partial charge in [-0.2, -0.15) is 13.2 Å². The third-order valence-corrected chi connectivity index (χ3v) is 8.66. The number of nitrogens with zero attached hydrogens (tertiary/aromatic N) is 1. The van der Waals surface area contributed by atoms with Crippen molar-refractivity contribution >= 4 is 27.3 Å². The van der Waals surface area contributed by atoms with Gasteiger partial charge in [-0.3, -0.25) is 4.79 Å². The van der Waals surface area contributed by atoms with E-state index in [2.05, 4.69) is 11.1 Å². The predicted octanol–water partition coefficient (Wildman–Crippen LogP) is 11.5. The Kier molecular flexibility index (Phi) is 12.4. The number of halogens is 3. The Labute approximate surface area is 279 Å². The Bertz CT molecular complexity index is 1680. The van der Waals surface area contributed by atoms with Gasteiger partial charge in [0.25, 0.3) is 0 Å². The smallest absolute Gasteiger partial charge is 0.416 e. The minimum Gasteiger partial charge on any atom is -0.512 e. The van der Waals surface area contributed by atoms with Crippen LogP contribution in [0.1, 0.15) is 96.4 Å². The molecule has 0 aliphatic carbocycles. The maximum Gasteiger partial charge on any atom is 0.416 e. The summed E-state index contributed by atoms with van der Waals surface area (Å²) in [5.74, 6) is -0.0230. The summed E-state index contributed by atoms with van der Waals surface area (Å²) in [6.07, 6.45) is 0.254. The molecule has 45 heavy (non-hydrogen) atoms. The molecule has 1 aromatic heterocycles. The van der Waals surface area contributed by atoms with Crippen molar-refractivity contribution in [3.63, 3.8) is 0 Å². The van der Waals surface area contributed by atoms with Crippen LogP contribution in [0.25, 0.3) is 32.8 Å². The number of carbonyl (C=O) groups is 1. The van der Waals surface area contributed by atoms with E-state index in [0.29, 0.717) is 10.9 Å². The minimum absolute atomic E-state index is 0. The Balaban J connectivity index is 0.000000378. The van der Waals surface area contributed by atoms with Crippen LogP contribution in [0.2, 0.25) is 0 Å². The number of fused-ring (bicyclic) bond motifs is 3. The second-order valence-electron chi connectivity index (χ2n) is 13.3. The molecule has 1 N–H and O–H groups in total. The van der Waals surface area contributed by atoms with Crippen LogP contribution >= 0.6 is 0 Å². The zero-order valence-electron chi connectivity index (χ0n) is 28.0. The molecule has 0 unspecified atom stereocenters. The Morgan fingerprint density at radius 1 is 0.911 bits per heavy atom. The van der Waals surface area contributed by atoms with E-state index in [1.165, 1.54) is 12.1 Å². The van der Waals surface area contributed by atoms with Gasteiger partial charge < -0.3 is 10.1 Å². The van der Waals surface area contributed by atoms with E-state index in [9.17, 15) is 23.1 Å². The maximum atomic E-state index is 13.8. The molecule has 0 aliphatic heterocycles. The number of aliphatic hydroxyl groups is 1. The van der Waals surface area contributed by atoms with E-state index in [0.717, 1.165) is 51.4 Å². The van der Waals surface area contributed by atoms with Crippen molar-refractivity contribution < 1.29 is 43.2 Å². The zero-order chi connectivity index (χ0) is 33.2. The third-order valence-electron chi connectivity index (χ3n) is 8.66. The molecule has 1 radical (unpaired) electrons. The van der Waals surface area contributed by atoms with Gasteiger partial charge in [-0.25, -0.2) is 0 Å². The number of pyridine rings is 1. The molecular formula is C38H45F3IrNO2-. The first-order valence-corrected chi connectivity index (χ1v) is 15.2. The van der Waals surface area contributed by atoms with Crippen LogP contribution in [-0.4, -0.2) is 15.9 Å². The average Bonchev–Trinajstić information content (AvgIpc) is 2.95. The van der Waals surface area contributed by atoms with Crippen molar-refractivity contribution in [3.05, 3.63) is 88.8 Å². The van der Waals surface area contributed by atoms with Gasteiger partial charge in [0, 0.05) is 43.2 Å². The number of benzene rings is 3. The van der Waals surface area contributed by atoms with Crippen molar-refractivity contribution in [1.29, 1.82) is 0 Å². The number of alkyl halides is 3. The number of allylic oxidation sites excluding steroid dienone is 2. The SMILES string of the molecule is CCC(C)(C)C(=O)/C=C(\O)C(C)(C)CC.Cc1[c-]c(-c2nccc3c2ccc2cc(C(C)C)c(C(F)(F)F)cc23)cc(C)c1.[Ir]. The van der Waals surface area contributed by atoms with Crippen LogP contribution in [-0.2, 0) is 31.1 Å². The van der Waals surface area contributed by atoms with E-state index in [4.69, 9.17) is 0 Å². The Morgan fingerprint density at radius 2 is 1.53 bits per heavy atom. The number of hydrogen-bond acceptors (Lipinski definition) is 3. The number of aliphatic hydroxyl groups excluding tert-OH is 1. The van der Waals surface area contributed by atoms with Crippen LogP contribution in [0, 0.1) is 30.7 Å². The minimum atomic E-state index is -4.40. The van der Waals surface area contributed by atoms with Crippen LogP contribution in [0.3, 0.4) is 0 Å². The fraction of sp³-hybridized carbons (Fsp3) is 0.421. The summed E-state index contributed by atoms with van der Waals surface area (Å²) in [6, 6.07) is 15.9. The van der Waals surface area contributed by atoms with Gasteiger partial charge in [-0.1, -0.05) is 87.4 Å². The van der Waals surface area contributed by atoms with Gasteiger partial charge >= 0.3 is 6.18 Å². The number of ketones is 1. The molecule has 0 spiro atoms. The molecule has 0 saturated heterocycles. The number of aromatic nitrogens is 1. The largest absolute Gasteiger partial charge is 0.512 e. The van der Waals surface area contributed by atoms with E-state index in [1.807, 2.05) is 79.7 Å². The van der Waals surface area contributed by atoms with E-state index >= 15 is 0 Å². The van der Waals surface area contributed by atoms with Crippen molar-refractivity contribution in [3.8, 4) is 11.3 Å². The first kappa shape index (κ1) is 38.2. The monoisotopic (exact) mass is 797 g/mol. The van der Waals surface area contributed by atoms with Crippen molar-refractivity contribution in [2.75, 3.05) is 0 Å². The van der Waals surface area contributed by atoms with Gasteiger partial charge in [0.1, 0.15) is 5.76 Å². The Hall–Kier alpha value is -3.02. The molecule has 245 valence electrons. The van der Waals surface area contributed by atoms with Crippen LogP contribution < -0.4 is 0 Å². The molecule has 0 atom stereocenters. The summed E-state index contributed by atoms with van der Waals surface area (Å²) in [4.78, 5) is 16.4. The summed E-state index contributed by atoms with van der Waals surface area (Å²) in [5, 5.41) is 12.8. The third kappa shape index (κ3) is 8.83. The standard InChI is InChI=1S/C25H21F3N.C13H24O2.Ir/c1-14(2)21-12-17-5-6-20-19(22(17)13-23(21)25(26,27)28)7-8-29-24(20)18-10-15(3)9-16(4)11-18;1-7-12(3,4)10(14)9-11(15)13(5,6)8-2;/h5-10,12-14H,1-4H3;9,14H,7-8H2,1-6H3;/q-1;;/b;10-9-;. The average molecular weight is 797 g/mol. The molecule has 7 heteroatoms. The van der Waals surface area contributed by atoms with Gasteiger partial charge in [-0.15, -0.1) is 34.9 Å². The normalized spacial score (nSPS) is 12.6. The van der Waals surface area contributed by atoms with E-state index < -0.39 is 11.7 Å². The molecular weight excluding hydrogens is 752 g/mol. The molecule has 1 heterocycles. The van der Waals surface area contributed by atoms with Crippen molar-refractivity contribution in [1.82, 2.24) is 4.98 Å². The summed E-state index contributed by atoms with van der Waals surface area (Å²) >= 11 is 0. The molecule has 3 nitrogen and oxygen atoms in total. The number of aryl methyl sites for hydroxylation is 2. The summed E-state index contributed by atoms with van der Waals surface area (Å²) in [5.41, 5.74) is 2.75. The van der Waals surface area contributed by atoms with Crippen molar-refractivity contribution in [2.24, 2.45) is 10.8 Å². The van der Waals surface area contributed by atoms with E-state index in [1.54, 1.807) is 32.2 Å². The number of hydrogen-bond donors (Lipinski definition) is 1. The first-order chi connectivity index (χ1) is 20.3. The molecule has 0 fully saturated rings. The predicted molar refractivity (Wildman–Crippen MR) is 176 cm³/mol. The molecule has 0 aliphatic rings. The fourth-order valence-corrected chi connectivity index (χ4v) is 4.89. The van der Waals surface area contributed by atoms with Gasteiger partial charge in [0.2, 0.25) is 0 Å². The topological polar surface area (TPSA) is 50.2 Å².